The molecule has 0 bridgehead atoms. The van der Waals surface area contributed by atoms with E-state index < -0.39 is 17.8 Å². The summed E-state index contributed by atoms with van der Waals surface area (Å²) in [7, 11) is 0. The minimum absolute atomic E-state index is 0.135. The van der Waals surface area contributed by atoms with E-state index in [1.165, 1.54) is 11.3 Å². The molecule has 0 aliphatic heterocycles. The maximum atomic E-state index is 13.1. The summed E-state index contributed by atoms with van der Waals surface area (Å²) >= 11 is 1.40. The number of carboxylic acids is 1. The fourth-order valence-electron chi connectivity index (χ4n) is 4.69. The highest BCUT2D eigenvalue weighted by Crippen LogP contribution is 2.38. The number of carboxylic acid groups (broad SMARTS) is 1. The number of hydrogen-bond acceptors (Lipinski definition) is 4. The summed E-state index contributed by atoms with van der Waals surface area (Å²) in [6.07, 6.45) is 5.76. The predicted molar refractivity (Wildman–Crippen MR) is 119 cm³/mol. The molecule has 3 N–H and O–H groups in total. The molecule has 6 nitrogen and oxygen atoms in total. The molecule has 0 aromatic carbocycles. The molecule has 2 amide bonds. The lowest BCUT2D eigenvalue weighted by atomic mass is 9.76. The zero-order valence-corrected chi connectivity index (χ0v) is 19.1. The van der Waals surface area contributed by atoms with Gasteiger partial charge in [0, 0.05) is 10.9 Å². The van der Waals surface area contributed by atoms with Crippen molar-refractivity contribution in [2.24, 2.45) is 11.8 Å². The summed E-state index contributed by atoms with van der Waals surface area (Å²) in [5.41, 5.74) is 3.62. The largest absolute Gasteiger partial charge is 0.481 e. The molecule has 1 saturated carbocycles. The van der Waals surface area contributed by atoms with E-state index in [0.717, 1.165) is 47.3 Å². The van der Waals surface area contributed by atoms with Crippen LogP contribution in [0, 0.1) is 18.8 Å². The van der Waals surface area contributed by atoms with Crippen LogP contribution in [0.2, 0.25) is 0 Å². The first-order valence-corrected chi connectivity index (χ1v) is 11.7. The van der Waals surface area contributed by atoms with Gasteiger partial charge in [0.05, 0.1) is 17.4 Å². The Morgan fingerprint density at radius 3 is 2.20 bits per heavy atom. The Balaban J connectivity index is 1.85. The average molecular weight is 433 g/mol. The van der Waals surface area contributed by atoms with Gasteiger partial charge in [-0.2, -0.15) is 0 Å². The van der Waals surface area contributed by atoms with Gasteiger partial charge in [-0.25, -0.2) is 0 Å². The summed E-state index contributed by atoms with van der Waals surface area (Å²) in [5, 5.41) is 16.3. The van der Waals surface area contributed by atoms with Gasteiger partial charge in [-0.1, -0.05) is 30.9 Å². The smallest absolute Gasteiger partial charge is 0.307 e. The number of anilines is 1. The van der Waals surface area contributed by atoms with Crippen LogP contribution in [0.15, 0.2) is 11.1 Å². The van der Waals surface area contributed by atoms with Crippen molar-refractivity contribution in [2.45, 2.75) is 78.7 Å². The number of amides is 2. The minimum atomic E-state index is -0.946. The van der Waals surface area contributed by atoms with E-state index in [9.17, 15) is 19.5 Å². The summed E-state index contributed by atoms with van der Waals surface area (Å²) in [5.74, 6) is -2.77. The molecule has 1 heterocycles. The molecule has 164 valence electrons. The summed E-state index contributed by atoms with van der Waals surface area (Å²) in [4.78, 5) is 39.0. The molecule has 2 atom stereocenters. The van der Waals surface area contributed by atoms with E-state index >= 15 is 0 Å². The van der Waals surface area contributed by atoms with Gasteiger partial charge in [0.25, 0.3) is 5.91 Å². The Hall–Kier alpha value is -2.15. The maximum absolute atomic E-state index is 13.1. The van der Waals surface area contributed by atoms with Crippen LogP contribution in [0.4, 0.5) is 5.00 Å². The highest BCUT2D eigenvalue weighted by atomic mass is 32.1. The molecule has 0 radical (unpaired) electrons. The van der Waals surface area contributed by atoms with Crippen LogP contribution in [0.1, 0.15) is 80.1 Å². The number of hydrogen-bond donors (Lipinski definition) is 3. The summed E-state index contributed by atoms with van der Waals surface area (Å²) < 4.78 is 0. The van der Waals surface area contributed by atoms with Crippen molar-refractivity contribution in [3.05, 3.63) is 27.2 Å². The molecule has 0 spiro atoms. The zero-order valence-electron chi connectivity index (χ0n) is 18.3. The molecule has 2 aliphatic rings. The van der Waals surface area contributed by atoms with Gasteiger partial charge in [-0.3, -0.25) is 14.4 Å². The van der Waals surface area contributed by atoms with E-state index in [1.54, 1.807) is 0 Å². The van der Waals surface area contributed by atoms with Crippen LogP contribution >= 0.6 is 11.3 Å². The van der Waals surface area contributed by atoms with Gasteiger partial charge in [-0.05, 0) is 58.4 Å². The Morgan fingerprint density at radius 1 is 1.03 bits per heavy atom. The minimum Gasteiger partial charge on any atom is -0.481 e. The Labute approximate surface area is 182 Å². The maximum Gasteiger partial charge on any atom is 0.307 e. The third kappa shape index (κ3) is 4.61. The highest BCUT2D eigenvalue weighted by molar-refractivity contribution is 7.16. The number of nitrogens with one attached hydrogen (secondary N) is 2. The molecule has 30 heavy (non-hydrogen) atoms. The molecular formula is C23H32N2O4S. The van der Waals surface area contributed by atoms with Gasteiger partial charge in [0.15, 0.2) is 0 Å². The fraction of sp³-hybridized carbons (Fsp3) is 0.609. The molecule has 2 aliphatic carbocycles. The van der Waals surface area contributed by atoms with Crippen molar-refractivity contribution in [3.8, 4) is 0 Å². The van der Waals surface area contributed by atoms with Crippen LogP contribution in [-0.4, -0.2) is 28.9 Å². The zero-order chi connectivity index (χ0) is 22.0. The SMILES string of the molecule is CCc1c(C)sc(NC(=O)[C@H]2CC(C)=C(C)C[C@@H]2C(=O)O)c1C(=O)NC1CCCC1. The quantitative estimate of drug-likeness (QED) is 0.569. The number of aryl methyl sites for hydroxylation is 1. The lowest BCUT2D eigenvalue weighted by Gasteiger charge is -2.29. The first-order valence-electron chi connectivity index (χ1n) is 10.8. The first-order chi connectivity index (χ1) is 14.2. The average Bonchev–Trinajstić information content (AvgIpc) is 3.30. The normalized spacial score (nSPS) is 22.3. The molecule has 3 rings (SSSR count). The predicted octanol–water partition coefficient (Wildman–Crippen LogP) is 4.68. The Morgan fingerprint density at radius 2 is 1.63 bits per heavy atom. The molecule has 1 aromatic heterocycles. The molecule has 1 aromatic rings. The Bertz CT molecular complexity index is 880. The van der Waals surface area contributed by atoms with Crippen molar-refractivity contribution < 1.29 is 19.5 Å². The number of carbonyl (C=O) groups excluding carboxylic acids is 2. The number of rotatable bonds is 6. The molecule has 0 saturated heterocycles. The lowest BCUT2D eigenvalue weighted by Crippen LogP contribution is -2.37. The van der Waals surface area contributed by atoms with Gasteiger partial charge >= 0.3 is 5.97 Å². The van der Waals surface area contributed by atoms with E-state index in [2.05, 4.69) is 10.6 Å². The van der Waals surface area contributed by atoms with Crippen molar-refractivity contribution in [1.82, 2.24) is 5.32 Å². The molecule has 7 heteroatoms. The van der Waals surface area contributed by atoms with Gasteiger partial charge in [0.2, 0.25) is 5.91 Å². The molecule has 0 unspecified atom stereocenters. The Kier molecular flexibility index (Phi) is 7.01. The van der Waals surface area contributed by atoms with Crippen LogP contribution in [0.5, 0.6) is 0 Å². The van der Waals surface area contributed by atoms with E-state index in [0.29, 0.717) is 29.8 Å². The van der Waals surface area contributed by atoms with Gasteiger partial charge < -0.3 is 15.7 Å². The standard InChI is InChI=1S/C23H32N2O4S/c1-5-16-14(4)30-22(19(16)21(27)24-15-8-6-7-9-15)25-20(26)17-10-12(2)13(3)11-18(17)23(28)29/h15,17-18H,5-11H2,1-4H3,(H,24,27)(H,25,26)(H,28,29)/t17-,18-/m0/s1. The van der Waals surface area contributed by atoms with Crippen molar-refractivity contribution in [3.63, 3.8) is 0 Å². The van der Waals surface area contributed by atoms with Crippen LogP contribution in [-0.2, 0) is 16.0 Å². The third-order valence-electron chi connectivity index (χ3n) is 6.64. The number of thiophene rings is 1. The summed E-state index contributed by atoms with van der Waals surface area (Å²) in [6, 6.07) is 0.191. The fourth-order valence-corrected chi connectivity index (χ4v) is 5.84. The third-order valence-corrected chi connectivity index (χ3v) is 7.70. The van der Waals surface area contributed by atoms with Crippen LogP contribution in [0.3, 0.4) is 0 Å². The molecule has 1 fully saturated rings. The monoisotopic (exact) mass is 432 g/mol. The topological polar surface area (TPSA) is 95.5 Å². The van der Waals surface area contributed by atoms with Crippen molar-refractivity contribution in [2.75, 3.05) is 5.32 Å². The number of carbonyl (C=O) groups is 3. The van der Waals surface area contributed by atoms with Crippen LogP contribution < -0.4 is 10.6 Å². The second-order valence-electron chi connectivity index (χ2n) is 8.66. The second-order valence-corrected chi connectivity index (χ2v) is 9.88. The van der Waals surface area contributed by atoms with Crippen molar-refractivity contribution >= 4 is 34.1 Å². The van der Waals surface area contributed by atoms with E-state index in [-0.39, 0.29) is 17.9 Å². The van der Waals surface area contributed by atoms with E-state index in [1.807, 2.05) is 27.7 Å². The first kappa shape index (κ1) is 22.5. The van der Waals surface area contributed by atoms with E-state index in [4.69, 9.17) is 0 Å². The summed E-state index contributed by atoms with van der Waals surface area (Å²) in [6.45, 7) is 7.85. The molecular weight excluding hydrogens is 400 g/mol. The second kappa shape index (κ2) is 9.33. The van der Waals surface area contributed by atoms with Gasteiger partial charge in [-0.15, -0.1) is 11.3 Å². The van der Waals surface area contributed by atoms with Gasteiger partial charge in [0.1, 0.15) is 5.00 Å². The van der Waals surface area contributed by atoms with Crippen molar-refractivity contribution in [1.29, 1.82) is 0 Å². The number of allylic oxidation sites excluding steroid dienone is 2. The van der Waals surface area contributed by atoms with Crippen LogP contribution in [0.25, 0.3) is 0 Å². The number of aliphatic carboxylic acids is 1. The lowest BCUT2D eigenvalue weighted by molar-refractivity contribution is -0.146. The highest BCUT2D eigenvalue weighted by Gasteiger charge is 2.38.